The Balaban J connectivity index is 1.82. The minimum Gasteiger partial charge on any atom is -0.396 e. The van der Waals surface area contributed by atoms with Crippen LogP contribution >= 0.6 is 0 Å². The fourth-order valence-corrected chi connectivity index (χ4v) is 2.83. The van der Waals surface area contributed by atoms with E-state index in [0.29, 0.717) is 24.6 Å². The molecule has 8 nitrogen and oxygen atoms in total. The number of fused-ring (bicyclic) bond motifs is 1. The van der Waals surface area contributed by atoms with Crippen LogP contribution < -0.4 is 4.90 Å². The molecule has 0 aromatic carbocycles. The predicted octanol–water partition coefficient (Wildman–Crippen LogP) is 0.747. The second-order valence-electron chi connectivity index (χ2n) is 5.35. The van der Waals surface area contributed by atoms with Crippen molar-refractivity contribution >= 4 is 17.3 Å². The van der Waals surface area contributed by atoms with Crippen LogP contribution in [-0.4, -0.2) is 63.6 Å². The standard InChI is InChI=1S/C14H19N5O3/c20-11-3-5-16-7-9-17(10-8-16)13-14(19(21)22)18-6-2-1-4-12(18)15-13/h1-2,4,6,20H,3,5,7-11H2. The van der Waals surface area contributed by atoms with Gasteiger partial charge in [0.05, 0.1) is 6.20 Å². The lowest BCUT2D eigenvalue weighted by atomic mass is 10.3. The van der Waals surface area contributed by atoms with Gasteiger partial charge in [-0.2, -0.15) is 9.38 Å². The van der Waals surface area contributed by atoms with Crippen LogP contribution in [0.15, 0.2) is 24.4 Å². The van der Waals surface area contributed by atoms with Crippen LogP contribution in [-0.2, 0) is 0 Å². The second kappa shape index (κ2) is 6.29. The summed E-state index contributed by atoms with van der Waals surface area (Å²) in [5, 5.41) is 20.3. The molecule has 1 N–H and O–H groups in total. The molecule has 118 valence electrons. The predicted molar refractivity (Wildman–Crippen MR) is 82.2 cm³/mol. The quantitative estimate of drug-likeness (QED) is 0.648. The largest absolute Gasteiger partial charge is 0.396 e. The molecule has 0 atom stereocenters. The van der Waals surface area contributed by atoms with Crippen molar-refractivity contribution in [1.82, 2.24) is 14.3 Å². The lowest BCUT2D eigenvalue weighted by molar-refractivity contribution is -0.389. The Morgan fingerprint density at radius 1 is 1.27 bits per heavy atom. The highest BCUT2D eigenvalue weighted by atomic mass is 16.6. The summed E-state index contributed by atoms with van der Waals surface area (Å²) < 4.78 is 1.52. The number of nitrogens with zero attached hydrogens (tertiary/aromatic N) is 5. The Kier molecular flexibility index (Phi) is 4.21. The van der Waals surface area contributed by atoms with Crippen molar-refractivity contribution in [1.29, 1.82) is 0 Å². The topological polar surface area (TPSA) is 87.2 Å². The van der Waals surface area contributed by atoms with Crippen molar-refractivity contribution in [3.05, 3.63) is 34.5 Å². The smallest absolute Gasteiger partial charge is 0.372 e. The zero-order valence-electron chi connectivity index (χ0n) is 12.3. The molecule has 0 saturated carbocycles. The first kappa shape index (κ1) is 14.7. The summed E-state index contributed by atoms with van der Waals surface area (Å²) in [6, 6.07) is 5.36. The molecule has 0 radical (unpaired) electrons. The summed E-state index contributed by atoms with van der Waals surface area (Å²) in [6.45, 7) is 4.11. The molecule has 2 aromatic heterocycles. The Morgan fingerprint density at radius 3 is 2.73 bits per heavy atom. The van der Waals surface area contributed by atoms with Crippen molar-refractivity contribution in [2.45, 2.75) is 6.42 Å². The second-order valence-corrected chi connectivity index (χ2v) is 5.35. The normalized spacial score (nSPS) is 16.3. The maximum absolute atomic E-state index is 11.4. The first-order chi connectivity index (χ1) is 10.7. The van der Waals surface area contributed by atoms with Gasteiger partial charge >= 0.3 is 5.82 Å². The number of imidazole rings is 1. The fraction of sp³-hybridized carbons (Fsp3) is 0.500. The van der Waals surface area contributed by atoms with Crippen molar-refractivity contribution in [3.63, 3.8) is 0 Å². The number of pyridine rings is 1. The minimum absolute atomic E-state index is 0.0272. The number of nitro groups is 1. The van der Waals surface area contributed by atoms with E-state index in [0.717, 1.165) is 26.1 Å². The third-order valence-electron chi connectivity index (χ3n) is 3.96. The minimum atomic E-state index is -0.368. The number of aromatic nitrogens is 2. The summed E-state index contributed by atoms with van der Waals surface area (Å²) in [5.74, 6) is 0.470. The Bertz CT molecular complexity index is 664. The summed E-state index contributed by atoms with van der Waals surface area (Å²) in [4.78, 5) is 19.7. The molecule has 0 amide bonds. The summed E-state index contributed by atoms with van der Waals surface area (Å²) in [5.41, 5.74) is 0.590. The molecule has 1 saturated heterocycles. The summed E-state index contributed by atoms with van der Waals surface area (Å²) in [6.07, 6.45) is 2.43. The van der Waals surface area contributed by atoms with E-state index in [1.54, 1.807) is 18.3 Å². The maximum Gasteiger partial charge on any atom is 0.372 e. The van der Waals surface area contributed by atoms with Gasteiger partial charge in [0.25, 0.3) is 0 Å². The van der Waals surface area contributed by atoms with Gasteiger partial charge < -0.3 is 20.1 Å². The molecular weight excluding hydrogens is 286 g/mol. The number of rotatable bonds is 5. The van der Waals surface area contributed by atoms with Gasteiger partial charge in [0.15, 0.2) is 0 Å². The number of aliphatic hydroxyl groups is 1. The van der Waals surface area contributed by atoms with E-state index in [2.05, 4.69) is 9.88 Å². The number of hydrogen-bond donors (Lipinski definition) is 1. The first-order valence-electron chi connectivity index (χ1n) is 7.40. The molecular formula is C14H19N5O3. The molecule has 0 spiro atoms. The van der Waals surface area contributed by atoms with Gasteiger partial charge in [0.1, 0.15) is 0 Å². The molecule has 0 unspecified atom stereocenters. The molecule has 1 aliphatic rings. The van der Waals surface area contributed by atoms with Gasteiger partial charge in [-0.3, -0.25) is 4.90 Å². The van der Waals surface area contributed by atoms with Gasteiger partial charge in [-0.25, -0.2) is 0 Å². The van der Waals surface area contributed by atoms with E-state index < -0.39 is 0 Å². The van der Waals surface area contributed by atoms with Crippen molar-refractivity contribution in [2.75, 3.05) is 44.2 Å². The Hall–Kier alpha value is -2.19. The number of anilines is 1. The molecule has 3 heterocycles. The van der Waals surface area contributed by atoms with Crippen molar-refractivity contribution in [2.24, 2.45) is 0 Å². The van der Waals surface area contributed by atoms with E-state index in [-0.39, 0.29) is 17.3 Å². The van der Waals surface area contributed by atoms with Crippen LogP contribution in [0.4, 0.5) is 11.6 Å². The fourth-order valence-electron chi connectivity index (χ4n) is 2.83. The molecule has 1 fully saturated rings. The summed E-state index contributed by atoms with van der Waals surface area (Å²) in [7, 11) is 0. The SMILES string of the molecule is O=[N+]([O-])c1c(N2CCN(CCCO)CC2)nc2ccccn12. The monoisotopic (exact) mass is 305 g/mol. The third kappa shape index (κ3) is 2.75. The van der Waals surface area contributed by atoms with Gasteiger partial charge in [-0.15, -0.1) is 0 Å². The van der Waals surface area contributed by atoms with Crippen LogP contribution in [0.3, 0.4) is 0 Å². The van der Waals surface area contributed by atoms with E-state index in [4.69, 9.17) is 5.11 Å². The average molecular weight is 305 g/mol. The van der Waals surface area contributed by atoms with Gasteiger partial charge in [-0.1, -0.05) is 6.07 Å². The molecule has 22 heavy (non-hydrogen) atoms. The van der Waals surface area contributed by atoms with Crippen LogP contribution in [0.1, 0.15) is 6.42 Å². The number of piperazine rings is 1. The van der Waals surface area contributed by atoms with E-state index >= 15 is 0 Å². The molecule has 8 heteroatoms. The van der Waals surface area contributed by atoms with Crippen LogP contribution in [0.2, 0.25) is 0 Å². The number of aliphatic hydroxyl groups excluding tert-OH is 1. The van der Waals surface area contributed by atoms with Gasteiger partial charge in [-0.05, 0) is 17.4 Å². The van der Waals surface area contributed by atoms with Crippen molar-refractivity contribution < 1.29 is 10.0 Å². The van der Waals surface area contributed by atoms with Gasteiger partial charge in [0, 0.05) is 45.4 Å². The molecule has 3 rings (SSSR count). The first-order valence-corrected chi connectivity index (χ1v) is 7.40. The highest BCUT2D eigenvalue weighted by Gasteiger charge is 2.29. The van der Waals surface area contributed by atoms with Gasteiger partial charge in [0.2, 0.25) is 11.5 Å². The van der Waals surface area contributed by atoms with Crippen LogP contribution in [0.25, 0.3) is 5.65 Å². The van der Waals surface area contributed by atoms with E-state index in [1.165, 1.54) is 4.40 Å². The van der Waals surface area contributed by atoms with E-state index in [1.807, 2.05) is 11.0 Å². The Morgan fingerprint density at radius 2 is 2.05 bits per heavy atom. The van der Waals surface area contributed by atoms with E-state index in [9.17, 15) is 10.1 Å². The van der Waals surface area contributed by atoms with Crippen LogP contribution in [0.5, 0.6) is 0 Å². The lowest BCUT2D eigenvalue weighted by Gasteiger charge is -2.34. The highest BCUT2D eigenvalue weighted by molar-refractivity contribution is 5.63. The van der Waals surface area contributed by atoms with Crippen LogP contribution in [0, 0.1) is 10.1 Å². The molecule has 1 aliphatic heterocycles. The summed E-state index contributed by atoms with van der Waals surface area (Å²) >= 11 is 0. The lowest BCUT2D eigenvalue weighted by Crippen LogP contribution is -2.47. The average Bonchev–Trinajstić information content (AvgIpc) is 2.93. The zero-order valence-corrected chi connectivity index (χ0v) is 12.3. The zero-order chi connectivity index (χ0) is 15.5. The maximum atomic E-state index is 11.4. The molecule has 0 aliphatic carbocycles. The van der Waals surface area contributed by atoms with Crippen molar-refractivity contribution in [3.8, 4) is 0 Å². The molecule has 2 aromatic rings. The Labute approximate surface area is 127 Å². The number of hydrogen-bond acceptors (Lipinski definition) is 6. The third-order valence-corrected chi connectivity index (χ3v) is 3.96. The highest BCUT2D eigenvalue weighted by Crippen LogP contribution is 2.29. The molecule has 0 bridgehead atoms.